The molecule has 0 spiro atoms. The fraction of sp³-hybridized carbons (Fsp3) is 0.111. The third kappa shape index (κ3) is 1.51. The van der Waals surface area contributed by atoms with Gasteiger partial charge >= 0.3 is 5.97 Å². The summed E-state index contributed by atoms with van der Waals surface area (Å²) in [6.07, 6.45) is 1.10. The first-order chi connectivity index (χ1) is 7.38. The van der Waals surface area contributed by atoms with Gasteiger partial charge in [-0.3, -0.25) is 4.99 Å². The Labute approximate surface area is 111 Å². The summed E-state index contributed by atoms with van der Waals surface area (Å²) in [5, 5.41) is 9.33. The predicted octanol–water partition coefficient (Wildman–Crippen LogP) is 3.88. The summed E-state index contributed by atoms with van der Waals surface area (Å²) in [6.45, 7) is 0. The number of hydrogen-bond acceptors (Lipinski definition) is 2. The molecule has 0 fully saturated rings. The minimum Gasteiger partial charge on any atom is -0.479 e. The number of halogens is 4. The number of nitrogens with zero attached hydrogens (tertiary/aromatic N) is 1. The van der Waals surface area contributed by atoms with Crippen LogP contribution in [0.15, 0.2) is 11.1 Å². The van der Waals surface area contributed by atoms with E-state index in [1.165, 1.54) is 6.07 Å². The number of benzene rings is 1. The van der Waals surface area contributed by atoms with Gasteiger partial charge in [0.05, 0.1) is 20.8 Å². The van der Waals surface area contributed by atoms with E-state index in [4.69, 9.17) is 51.5 Å². The molecule has 1 heterocycles. The molecule has 1 aliphatic rings. The zero-order chi connectivity index (χ0) is 12.1. The molecular formula is C9H3Cl4NO2. The van der Waals surface area contributed by atoms with Crippen LogP contribution in [0.1, 0.15) is 5.56 Å². The lowest BCUT2D eigenvalue weighted by atomic mass is 10.0. The van der Waals surface area contributed by atoms with Crippen LogP contribution in [0.3, 0.4) is 0 Å². The van der Waals surface area contributed by atoms with E-state index in [1.54, 1.807) is 0 Å². The van der Waals surface area contributed by atoms with Crippen molar-refractivity contribution in [1.82, 2.24) is 0 Å². The smallest absolute Gasteiger partial charge is 0.335 e. The molecule has 1 aromatic carbocycles. The zero-order valence-corrected chi connectivity index (χ0v) is 10.5. The lowest BCUT2D eigenvalue weighted by molar-refractivity contribution is -0.138. The van der Waals surface area contributed by atoms with E-state index in [1.807, 2.05) is 0 Å². The SMILES string of the molecule is O=C(O)C1(Cl)C=Nc2cc(Cl)c(Cl)c(Cl)c21. The Morgan fingerprint density at radius 2 is 1.94 bits per heavy atom. The van der Waals surface area contributed by atoms with Crippen molar-refractivity contribution in [3.63, 3.8) is 0 Å². The summed E-state index contributed by atoms with van der Waals surface area (Å²) in [7, 11) is 0. The molecule has 1 aliphatic heterocycles. The minimum atomic E-state index is -1.78. The second-order valence-electron chi connectivity index (χ2n) is 3.16. The van der Waals surface area contributed by atoms with Crippen LogP contribution in [0, 0.1) is 0 Å². The number of fused-ring (bicyclic) bond motifs is 1. The Morgan fingerprint density at radius 1 is 1.31 bits per heavy atom. The molecule has 0 saturated carbocycles. The van der Waals surface area contributed by atoms with Crippen molar-refractivity contribution >= 4 is 64.3 Å². The van der Waals surface area contributed by atoms with Crippen molar-refractivity contribution in [3.05, 3.63) is 26.7 Å². The second-order valence-corrected chi connectivity index (χ2v) is 4.91. The lowest BCUT2D eigenvalue weighted by Gasteiger charge is -2.16. The molecule has 0 aliphatic carbocycles. The highest BCUT2D eigenvalue weighted by Crippen LogP contribution is 2.49. The van der Waals surface area contributed by atoms with Crippen molar-refractivity contribution in [3.8, 4) is 0 Å². The maximum absolute atomic E-state index is 11.1. The number of hydrogen-bond donors (Lipinski definition) is 1. The van der Waals surface area contributed by atoms with Crippen LogP contribution < -0.4 is 0 Å². The average molecular weight is 299 g/mol. The number of alkyl halides is 1. The standard InChI is InChI=1S/C9H3Cl4NO2/c10-3-1-4-5(7(12)6(3)11)9(13,2-14-4)8(15)16/h1-2H,(H,15,16). The van der Waals surface area contributed by atoms with Gasteiger partial charge in [0.25, 0.3) is 0 Å². The predicted molar refractivity (Wildman–Crippen MR) is 64.8 cm³/mol. The van der Waals surface area contributed by atoms with Gasteiger partial charge < -0.3 is 5.11 Å². The maximum atomic E-state index is 11.1. The number of rotatable bonds is 1. The van der Waals surface area contributed by atoms with Gasteiger partial charge in [-0.1, -0.05) is 46.4 Å². The number of aliphatic carboxylic acids is 1. The van der Waals surface area contributed by atoms with Crippen LogP contribution in [0.25, 0.3) is 0 Å². The number of carbonyl (C=O) groups is 1. The van der Waals surface area contributed by atoms with Gasteiger partial charge in [-0.05, 0) is 6.07 Å². The molecule has 0 bridgehead atoms. The molecule has 16 heavy (non-hydrogen) atoms. The van der Waals surface area contributed by atoms with E-state index in [2.05, 4.69) is 4.99 Å². The molecular weight excluding hydrogens is 296 g/mol. The van der Waals surface area contributed by atoms with E-state index in [-0.39, 0.29) is 20.6 Å². The topological polar surface area (TPSA) is 49.7 Å². The average Bonchev–Trinajstić information content (AvgIpc) is 2.54. The summed E-state index contributed by atoms with van der Waals surface area (Å²) in [5.41, 5.74) is 0.467. The van der Waals surface area contributed by atoms with Gasteiger partial charge in [-0.25, -0.2) is 4.79 Å². The summed E-state index contributed by atoms with van der Waals surface area (Å²) in [5.74, 6) is -1.27. The van der Waals surface area contributed by atoms with Crippen molar-refractivity contribution < 1.29 is 9.90 Å². The summed E-state index contributed by atoms with van der Waals surface area (Å²) < 4.78 is 0. The highest BCUT2D eigenvalue weighted by atomic mass is 35.5. The van der Waals surface area contributed by atoms with Gasteiger partial charge in [0.2, 0.25) is 4.87 Å². The van der Waals surface area contributed by atoms with Gasteiger partial charge in [0.15, 0.2) is 0 Å². The Hall–Kier alpha value is -0.480. The largest absolute Gasteiger partial charge is 0.479 e. The summed E-state index contributed by atoms with van der Waals surface area (Å²) in [4.78, 5) is 13.2. The highest BCUT2D eigenvalue weighted by molar-refractivity contribution is 6.51. The lowest BCUT2D eigenvalue weighted by Crippen LogP contribution is -2.29. The zero-order valence-electron chi connectivity index (χ0n) is 7.47. The van der Waals surface area contributed by atoms with Crippen LogP contribution in [0.5, 0.6) is 0 Å². The fourth-order valence-electron chi connectivity index (χ4n) is 1.42. The first-order valence-electron chi connectivity index (χ1n) is 4.03. The number of carboxylic acid groups (broad SMARTS) is 1. The Bertz CT molecular complexity index is 529. The maximum Gasteiger partial charge on any atom is 0.335 e. The van der Waals surface area contributed by atoms with E-state index >= 15 is 0 Å². The molecule has 3 nitrogen and oxygen atoms in total. The molecule has 1 aromatic rings. The van der Waals surface area contributed by atoms with Crippen LogP contribution in [-0.4, -0.2) is 17.3 Å². The molecule has 0 amide bonds. The van der Waals surface area contributed by atoms with Crippen molar-refractivity contribution in [2.24, 2.45) is 4.99 Å². The van der Waals surface area contributed by atoms with Gasteiger partial charge in [-0.15, -0.1) is 0 Å². The van der Waals surface area contributed by atoms with E-state index in [9.17, 15) is 4.79 Å². The van der Waals surface area contributed by atoms with E-state index in [0.29, 0.717) is 5.69 Å². The summed E-state index contributed by atoms with van der Waals surface area (Å²) >= 11 is 23.5. The van der Waals surface area contributed by atoms with Gasteiger partial charge in [0.1, 0.15) is 0 Å². The van der Waals surface area contributed by atoms with E-state index in [0.717, 1.165) is 6.21 Å². The molecule has 84 valence electrons. The van der Waals surface area contributed by atoms with Crippen molar-refractivity contribution in [1.29, 1.82) is 0 Å². The Balaban J connectivity index is 2.77. The van der Waals surface area contributed by atoms with Crippen molar-refractivity contribution in [2.75, 3.05) is 0 Å². The van der Waals surface area contributed by atoms with Crippen LogP contribution in [0.4, 0.5) is 5.69 Å². The normalized spacial score (nSPS) is 22.2. The minimum absolute atomic E-state index is 0.0130. The van der Waals surface area contributed by atoms with E-state index < -0.39 is 10.8 Å². The molecule has 0 saturated heterocycles. The quantitative estimate of drug-likeness (QED) is 0.632. The van der Waals surface area contributed by atoms with Crippen LogP contribution >= 0.6 is 46.4 Å². The Morgan fingerprint density at radius 3 is 2.50 bits per heavy atom. The first-order valence-corrected chi connectivity index (χ1v) is 5.54. The second kappa shape index (κ2) is 3.77. The highest BCUT2D eigenvalue weighted by Gasteiger charge is 2.44. The molecule has 1 unspecified atom stereocenters. The van der Waals surface area contributed by atoms with Crippen LogP contribution in [0.2, 0.25) is 15.1 Å². The third-order valence-electron chi connectivity index (χ3n) is 2.20. The Kier molecular flexibility index (Phi) is 2.83. The molecule has 2 rings (SSSR count). The molecule has 1 atom stereocenters. The number of aliphatic imine (C=N–C) groups is 1. The van der Waals surface area contributed by atoms with Crippen LogP contribution in [-0.2, 0) is 9.67 Å². The monoisotopic (exact) mass is 297 g/mol. The fourth-order valence-corrected chi connectivity index (χ4v) is 2.45. The molecule has 0 radical (unpaired) electrons. The molecule has 7 heteroatoms. The number of carboxylic acids is 1. The summed E-state index contributed by atoms with van der Waals surface area (Å²) in [6, 6.07) is 1.43. The molecule has 0 aromatic heterocycles. The van der Waals surface area contributed by atoms with Gasteiger partial charge in [0, 0.05) is 11.8 Å². The molecule has 1 N–H and O–H groups in total. The van der Waals surface area contributed by atoms with Gasteiger partial charge in [-0.2, -0.15) is 0 Å². The first kappa shape index (κ1) is 12.0. The van der Waals surface area contributed by atoms with Crippen molar-refractivity contribution in [2.45, 2.75) is 4.87 Å². The third-order valence-corrected chi connectivity index (χ3v) is 3.91.